The molecule has 2 N–H and O–H groups in total. The number of nitrogens with one attached hydrogen (secondary N) is 1. The minimum absolute atomic E-state index is 0.174. The second kappa shape index (κ2) is 8.33. The fourth-order valence-electron chi connectivity index (χ4n) is 3.36. The van der Waals surface area contributed by atoms with Gasteiger partial charge in [-0.15, -0.1) is 0 Å². The highest BCUT2D eigenvalue weighted by molar-refractivity contribution is 5.78. The topological polar surface area (TPSA) is 49.3 Å². The Morgan fingerprint density at radius 2 is 1.86 bits per heavy atom. The van der Waals surface area contributed by atoms with Crippen molar-refractivity contribution in [2.24, 2.45) is 11.8 Å². The molecular formula is C19H29NO2. The molecule has 0 heterocycles. The molecule has 3 heteroatoms. The van der Waals surface area contributed by atoms with Crippen molar-refractivity contribution in [3.63, 3.8) is 0 Å². The van der Waals surface area contributed by atoms with Crippen LogP contribution in [0.3, 0.4) is 0 Å². The van der Waals surface area contributed by atoms with Crippen molar-refractivity contribution in [1.29, 1.82) is 0 Å². The van der Waals surface area contributed by atoms with Gasteiger partial charge in [0.2, 0.25) is 5.91 Å². The van der Waals surface area contributed by atoms with Crippen molar-refractivity contribution in [2.45, 2.75) is 58.0 Å². The molecule has 2 rings (SSSR count). The van der Waals surface area contributed by atoms with Crippen LogP contribution >= 0.6 is 0 Å². The van der Waals surface area contributed by atoms with E-state index in [0.29, 0.717) is 13.0 Å². The van der Waals surface area contributed by atoms with Crippen LogP contribution < -0.4 is 5.32 Å². The van der Waals surface area contributed by atoms with Gasteiger partial charge in [0.25, 0.3) is 0 Å². The Bertz CT molecular complexity index is 450. The van der Waals surface area contributed by atoms with Gasteiger partial charge in [0, 0.05) is 18.4 Å². The average Bonchev–Trinajstić information content (AvgIpc) is 2.52. The Balaban J connectivity index is 1.89. The summed E-state index contributed by atoms with van der Waals surface area (Å²) >= 11 is 0. The van der Waals surface area contributed by atoms with E-state index in [9.17, 15) is 9.90 Å². The standard InChI is InChI=1S/C19H29NO2/c1-14-8-10-17(11-9-14)19(22)20-13-18(12-15(2)21)16-6-4-3-5-7-16/h3-7,14-15,17-18,21H,8-13H2,1-2H3,(H,20,22). The van der Waals surface area contributed by atoms with Gasteiger partial charge in [-0.3, -0.25) is 4.79 Å². The van der Waals surface area contributed by atoms with Crippen molar-refractivity contribution in [3.05, 3.63) is 35.9 Å². The van der Waals surface area contributed by atoms with Crippen LogP contribution in [0.5, 0.6) is 0 Å². The van der Waals surface area contributed by atoms with Crippen LogP contribution in [0.1, 0.15) is 57.4 Å². The van der Waals surface area contributed by atoms with Crippen molar-refractivity contribution in [3.8, 4) is 0 Å². The second-order valence-electron chi connectivity index (χ2n) is 6.89. The number of hydrogen-bond acceptors (Lipinski definition) is 2. The van der Waals surface area contributed by atoms with E-state index < -0.39 is 0 Å². The molecule has 2 unspecified atom stereocenters. The normalized spacial score (nSPS) is 24.5. The molecule has 22 heavy (non-hydrogen) atoms. The number of amides is 1. The van der Waals surface area contributed by atoms with E-state index in [-0.39, 0.29) is 23.8 Å². The van der Waals surface area contributed by atoms with Gasteiger partial charge < -0.3 is 10.4 Å². The monoisotopic (exact) mass is 303 g/mol. The van der Waals surface area contributed by atoms with E-state index in [1.54, 1.807) is 6.92 Å². The summed E-state index contributed by atoms with van der Waals surface area (Å²) in [6, 6.07) is 10.1. The molecule has 3 nitrogen and oxygen atoms in total. The maximum Gasteiger partial charge on any atom is 0.223 e. The predicted octanol–water partition coefficient (Wildman–Crippen LogP) is 3.48. The highest BCUT2D eigenvalue weighted by Crippen LogP contribution is 2.28. The third-order valence-corrected chi connectivity index (χ3v) is 4.81. The Labute approximate surface area is 134 Å². The van der Waals surface area contributed by atoms with E-state index in [2.05, 4.69) is 24.4 Å². The molecule has 1 aliphatic carbocycles. The molecular weight excluding hydrogens is 274 g/mol. The summed E-state index contributed by atoms with van der Waals surface area (Å²) < 4.78 is 0. The maximum absolute atomic E-state index is 12.4. The third-order valence-electron chi connectivity index (χ3n) is 4.81. The zero-order valence-corrected chi connectivity index (χ0v) is 13.8. The summed E-state index contributed by atoms with van der Waals surface area (Å²) in [6.45, 7) is 4.68. The molecule has 122 valence electrons. The first-order valence-corrected chi connectivity index (χ1v) is 8.57. The van der Waals surface area contributed by atoms with Gasteiger partial charge in [0.05, 0.1) is 6.10 Å². The lowest BCUT2D eigenvalue weighted by Crippen LogP contribution is -2.36. The summed E-state index contributed by atoms with van der Waals surface area (Å²) in [5.41, 5.74) is 1.18. The molecule has 1 aliphatic rings. The first-order chi connectivity index (χ1) is 10.6. The zero-order chi connectivity index (χ0) is 15.9. The molecule has 1 aromatic rings. The first kappa shape index (κ1) is 17.0. The first-order valence-electron chi connectivity index (χ1n) is 8.57. The summed E-state index contributed by atoms with van der Waals surface area (Å²) in [5, 5.41) is 12.8. The molecule has 0 aromatic heterocycles. The van der Waals surface area contributed by atoms with E-state index in [4.69, 9.17) is 0 Å². The smallest absolute Gasteiger partial charge is 0.223 e. The zero-order valence-electron chi connectivity index (χ0n) is 13.8. The average molecular weight is 303 g/mol. The van der Waals surface area contributed by atoms with Crippen LogP contribution in [0.2, 0.25) is 0 Å². The van der Waals surface area contributed by atoms with Gasteiger partial charge >= 0.3 is 0 Å². The Morgan fingerprint density at radius 1 is 1.23 bits per heavy atom. The number of benzene rings is 1. The predicted molar refractivity (Wildman–Crippen MR) is 89.6 cm³/mol. The molecule has 0 radical (unpaired) electrons. The Morgan fingerprint density at radius 3 is 2.45 bits per heavy atom. The van der Waals surface area contributed by atoms with Crippen LogP contribution in [-0.2, 0) is 4.79 Å². The molecule has 0 bridgehead atoms. The number of aliphatic hydroxyl groups is 1. The van der Waals surface area contributed by atoms with Gasteiger partial charge in [-0.1, -0.05) is 37.3 Å². The highest BCUT2D eigenvalue weighted by Gasteiger charge is 2.25. The fourth-order valence-corrected chi connectivity index (χ4v) is 3.36. The van der Waals surface area contributed by atoms with Gasteiger partial charge in [-0.2, -0.15) is 0 Å². The highest BCUT2D eigenvalue weighted by atomic mass is 16.3. The van der Waals surface area contributed by atoms with Crippen molar-refractivity contribution in [2.75, 3.05) is 6.54 Å². The molecule has 1 aromatic carbocycles. The quantitative estimate of drug-likeness (QED) is 0.845. The van der Waals surface area contributed by atoms with E-state index >= 15 is 0 Å². The third kappa shape index (κ3) is 5.13. The van der Waals surface area contributed by atoms with Crippen LogP contribution in [0.25, 0.3) is 0 Å². The number of hydrogen-bond donors (Lipinski definition) is 2. The number of carbonyl (C=O) groups excluding carboxylic acids is 1. The van der Waals surface area contributed by atoms with Gasteiger partial charge in [-0.05, 0) is 50.5 Å². The number of aliphatic hydroxyl groups excluding tert-OH is 1. The Kier molecular flexibility index (Phi) is 6.44. The second-order valence-corrected chi connectivity index (χ2v) is 6.89. The Hall–Kier alpha value is -1.35. The lowest BCUT2D eigenvalue weighted by Gasteiger charge is -2.26. The summed E-state index contributed by atoms with van der Waals surface area (Å²) in [6.07, 6.45) is 4.66. The van der Waals surface area contributed by atoms with Crippen molar-refractivity contribution < 1.29 is 9.90 Å². The maximum atomic E-state index is 12.4. The summed E-state index contributed by atoms with van der Waals surface area (Å²) in [4.78, 5) is 12.4. The fraction of sp³-hybridized carbons (Fsp3) is 0.632. The summed E-state index contributed by atoms with van der Waals surface area (Å²) in [7, 11) is 0. The SMILES string of the molecule is CC(O)CC(CNC(=O)C1CCC(C)CC1)c1ccccc1. The van der Waals surface area contributed by atoms with Crippen molar-refractivity contribution >= 4 is 5.91 Å². The molecule has 0 aliphatic heterocycles. The van der Waals surface area contributed by atoms with Gasteiger partial charge in [-0.25, -0.2) is 0 Å². The summed E-state index contributed by atoms with van der Waals surface area (Å²) in [5.74, 6) is 1.31. The van der Waals surface area contributed by atoms with Crippen LogP contribution in [0.4, 0.5) is 0 Å². The minimum atomic E-state index is -0.363. The van der Waals surface area contributed by atoms with Gasteiger partial charge in [0.1, 0.15) is 0 Å². The largest absolute Gasteiger partial charge is 0.393 e. The lowest BCUT2D eigenvalue weighted by atomic mass is 9.82. The van der Waals surface area contributed by atoms with Gasteiger partial charge in [0.15, 0.2) is 0 Å². The minimum Gasteiger partial charge on any atom is -0.393 e. The number of carbonyl (C=O) groups is 1. The van der Waals surface area contributed by atoms with Crippen LogP contribution in [0, 0.1) is 11.8 Å². The van der Waals surface area contributed by atoms with E-state index in [1.165, 1.54) is 5.56 Å². The molecule has 0 spiro atoms. The molecule has 2 atom stereocenters. The molecule has 1 fully saturated rings. The van der Waals surface area contributed by atoms with E-state index in [1.807, 2.05) is 18.2 Å². The van der Waals surface area contributed by atoms with Crippen molar-refractivity contribution in [1.82, 2.24) is 5.32 Å². The van der Waals surface area contributed by atoms with Crippen LogP contribution in [-0.4, -0.2) is 23.7 Å². The van der Waals surface area contributed by atoms with E-state index in [0.717, 1.165) is 31.6 Å². The molecule has 1 amide bonds. The molecule has 0 saturated heterocycles. The van der Waals surface area contributed by atoms with Crippen LogP contribution in [0.15, 0.2) is 30.3 Å². The molecule has 1 saturated carbocycles. The lowest BCUT2D eigenvalue weighted by molar-refractivity contribution is -0.126. The number of rotatable bonds is 6.